The number of fused-ring (bicyclic) bond motifs is 1. The van der Waals surface area contributed by atoms with Crippen LogP contribution in [0.1, 0.15) is 57.1 Å². The molecular weight excluding hydrogens is 475 g/mol. The number of rotatable bonds is 6. The van der Waals surface area contributed by atoms with E-state index >= 15 is 0 Å². The first kappa shape index (κ1) is 24.5. The van der Waals surface area contributed by atoms with Gasteiger partial charge >= 0.3 is 0 Å². The minimum atomic E-state index is -0.339. The molecule has 5 rings (SSSR count). The Kier molecular flexibility index (Phi) is 6.64. The first-order valence-corrected chi connectivity index (χ1v) is 12.3. The van der Waals surface area contributed by atoms with Crippen LogP contribution in [0.3, 0.4) is 0 Å². The molecule has 0 saturated carbocycles. The van der Waals surface area contributed by atoms with Crippen LogP contribution < -0.4 is 5.32 Å². The summed E-state index contributed by atoms with van der Waals surface area (Å²) in [4.78, 5) is 44.9. The van der Waals surface area contributed by atoms with Crippen molar-refractivity contribution in [2.75, 3.05) is 19.6 Å². The predicted molar refractivity (Wildman–Crippen MR) is 134 cm³/mol. The zero-order chi connectivity index (χ0) is 26.1. The number of hydrogen-bond acceptors (Lipinski definition) is 4. The quantitative estimate of drug-likeness (QED) is 0.504. The maximum absolute atomic E-state index is 13.5. The van der Waals surface area contributed by atoms with Crippen molar-refractivity contribution in [3.05, 3.63) is 89.3 Å². The molecule has 37 heavy (non-hydrogen) atoms. The third-order valence-electron chi connectivity index (χ3n) is 6.99. The van der Waals surface area contributed by atoms with E-state index in [-0.39, 0.29) is 47.7 Å². The highest BCUT2D eigenvalue weighted by Gasteiger charge is 2.35. The fourth-order valence-electron chi connectivity index (χ4n) is 5.21. The van der Waals surface area contributed by atoms with E-state index in [1.807, 2.05) is 6.92 Å². The summed E-state index contributed by atoms with van der Waals surface area (Å²) in [5.41, 5.74) is 3.19. The summed E-state index contributed by atoms with van der Waals surface area (Å²) < 4.78 is 15.2. The zero-order valence-electron chi connectivity index (χ0n) is 20.6. The number of amides is 3. The Bertz CT molecular complexity index is 1330. The lowest BCUT2D eigenvalue weighted by Crippen LogP contribution is -2.40. The van der Waals surface area contributed by atoms with Crippen LogP contribution in [-0.2, 0) is 17.9 Å². The van der Waals surface area contributed by atoms with E-state index in [0.29, 0.717) is 43.9 Å². The summed E-state index contributed by atoms with van der Waals surface area (Å²) in [6, 6.07) is 9.48. The lowest BCUT2D eigenvalue weighted by Gasteiger charge is -2.32. The van der Waals surface area contributed by atoms with Gasteiger partial charge in [0.25, 0.3) is 11.8 Å². The van der Waals surface area contributed by atoms with Gasteiger partial charge in [0.15, 0.2) is 5.69 Å². The third kappa shape index (κ3) is 4.91. The normalized spacial score (nSPS) is 19.0. The molecule has 2 aliphatic heterocycles. The molecule has 10 heteroatoms. The summed E-state index contributed by atoms with van der Waals surface area (Å²) in [5.74, 6) is -1.05. The Balaban J connectivity index is 1.44. The van der Waals surface area contributed by atoms with Crippen LogP contribution in [0, 0.1) is 5.82 Å². The van der Waals surface area contributed by atoms with E-state index in [1.165, 1.54) is 18.2 Å². The third-order valence-corrected chi connectivity index (χ3v) is 6.99. The lowest BCUT2D eigenvalue weighted by atomic mass is 9.95. The molecule has 0 aliphatic carbocycles. The summed E-state index contributed by atoms with van der Waals surface area (Å²) in [6.07, 6.45) is 3.61. The number of aromatic amines is 1. The summed E-state index contributed by atoms with van der Waals surface area (Å²) in [7, 11) is 0. The smallest absolute Gasteiger partial charge is 0.272 e. The number of aromatic nitrogens is 3. The maximum atomic E-state index is 13.5. The minimum Gasteiger partial charge on any atom is -0.357 e. The fraction of sp³-hybridized carbons (Fsp3) is 0.333. The largest absolute Gasteiger partial charge is 0.357 e. The van der Waals surface area contributed by atoms with Crippen LogP contribution in [0.25, 0.3) is 0 Å². The molecule has 3 amide bonds. The predicted octanol–water partition coefficient (Wildman–Crippen LogP) is 2.67. The molecule has 1 saturated heterocycles. The number of nitrogens with one attached hydrogen (secondary N) is 2. The fourth-order valence-corrected chi connectivity index (χ4v) is 5.21. The molecule has 2 N–H and O–H groups in total. The van der Waals surface area contributed by atoms with Gasteiger partial charge < -0.3 is 20.1 Å². The number of nitrogens with zero attached hydrogens (tertiary/aromatic N) is 4. The molecule has 192 valence electrons. The molecule has 1 aromatic carbocycles. The van der Waals surface area contributed by atoms with Crippen LogP contribution in [0.2, 0.25) is 0 Å². The lowest BCUT2D eigenvalue weighted by molar-refractivity contribution is -0.125. The van der Waals surface area contributed by atoms with Gasteiger partial charge in [0, 0.05) is 49.0 Å². The number of halogens is 1. The van der Waals surface area contributed by atoms with Crippen molar-refractivity contribution in [1.82, 2.24) is 29.9 Å². The van der Waals surface area contributed by atoms with Gasteiger partial charge in [0.1, 0.15) is 11.5 Å². The number of hydrogen-bond donors (Lipinski definition) is 2. The second-order valence-corrected chi connectivity index (χ2v) is 9.61. The molecule has 9 nitrogen and oxygen atoms in total. The molecular formula is C27H29FN6O3. The van der Waals surface area contributed by atoms with E-state index in [4.69, 9.17) is 5.10 Å². The van der Waals surface area contributed by atoms with Crippen molar-refractivity contribution in [2.45, 2.75) is 38.4 Å². The number of H-pyrrole nitrogens is 1. The number of carbonyl (C=O) groups is 3. The Labute approximate surface area is 213 Å². The van der Waals surface area contributed by atoms with E-state index in [9.17, 15) is 18.8 Å². The second kappa shape index (κ2) is 10.0. The van der Waals surface area contributed by atoms with Crippen molar-refractivity contribution in [3.8, 4) is 0 Å². The number of benzene rings is 1. The van der Waals surface area contributed by atoms with Crippen molar-refractivity contribution in [2.24, 2.45) is 0 Å². The van der Waals surface area contributed by atoms with Crippen LogP contribution >= 0.6 is 0 Å². The minimum absolute atomic E-state index is 0.0793. The highest BCUT2D eigenvalue weighted by Crippen LogP contribution is 2.32. The highest BCUT2D eigenvalue weighted by molar-refractivity contribution is 5.96. The number of carbonyl (C=O) groups excluding carboxylic acids is 3. The molecule has 2 atom stereocenters. The van der Waals surface area contributed by atoms with Crippen molar-refractivity contribution >= 4 is 17.7 Å². The second-order valence-electron chi connectivity index (χ2n) is 9.61. The Morgan fingerprint density at radius 1 is 1.19 bits per heavy atom. The average Bonchev–Trinajstić information content (AvgIpc) is 3.65. The van der Waals surface area contributed by atoms with Crippen molar-refractivity contribution in [3.63, 3.8) is 0 Å². The topological polar surface area (TPSA) is 103 Å². The van der Waals surface area contributed by atoms with Crippen LogP contribution in [0.4, 0.5) is 4.39 Å². The van der Waals surface area contributed by atoms with E-state index in [2.05, 4.69) is 16.9 Å². The van der Waals surface area contributed by atoms with Crippen LogP contribution in [0.15, 0.2) is 55.3 Å². The van der Waals surface area contributed by atoms with E-state index in [1.54, 1.807) is 44.9 Å². The zero-order valence-corrected chi connectivity index (χ0v) is 20.6. The molecule has 3 aromatic rings. The number of likely N-dealkylation sites (tertiary alicyclic amines) is 1. The van der Waals surface area contributed by atoms with E-state index in [0.717, 1.165) is 11.3 Å². The Hall–Kier alpha value is -4.21. The van der Waals surface area contributed by atoms with Crippen LogP contribution in [-0.4, -0.2) is 68.0 Å². The van der Waals surface area contributed by atoms with Crippen LogP contribution in [0.5, 0.6) is 0 Å². The highest BCUT2D eigenvalue weighted by atomic mass is 19.1. The van der Waals surface area contributed by atoms with Crippen molar-refractivity contribution < 1.29 is 18.8 Å². The molecule has 0 spiro atoms. The molecule has 4 heterocycles. The Morgan fingerprint density at radius 3 is 2.68 bits per heavy atom. The average molecular weight is 505 g/mol. The summed E-state index contributed by atoms with van der Waals surface area (Å²) in [6.45, 7) is 7.58. The van der Waals surface area contributed by atoms with Gasteiger partial charge in [-0.1, -0.05) is 25.6 Å². The first-order chi connectivity index (χ1) is 17.8. The van der Waals surface area contributed by atoms with Gasteiger partial charge in [-0.3, -0.25) is 19.1 Å². The van der Waals surface area contributed by atoms with E-state index < -0.39 is 0 Å². The molecule has 2 aromatic heterocycles. The summed E-state index contributed by atoms with van der Waals surface area (Å²) in [5, 5.41) is 7.72. The van der Waals surface area contributed by atoms with Gasteiger partial charge in [-0.05, 0) is 42.3 Å². The molecule has 0 radical (unpaired) electrons. The molecule has 1 unspecified atom stereocenters. The molecule has 0 bridgehead atoms. The SMILES string of the molecule is C=CC(=O)N1CCC(NC(=O)c2nn(Cc3ccc(F)cc3)c3c2CN(C(=O)c2ccc[nH]2)C[C@H]3C)C1. The van der Waals surface area contributed by atoms with Crippen molar-refractivity contribution in [1.29, 1.82) is 0 Å². The van der Waals surface area contributed by atoms with Gasteiger partial charge in [0.2, 0.25) is 5.91 Å². The van der Waals surface area contributed by atoms with Gasteiger partial charge in [-0.2, -0.15) is 5.10 Å². The Morgan fingerprint density at radius 2 is 1.97 bits per heavy atom. The monoisotopic (exact) mass is 504 g/mol. The van der Waals surface area contributed by atoms with Gasteiger partial charge in [0.05, 0.1) is 13.1 Å². The summed E-state index contributed by atoms with van der Waals surface area (Å²) >= 11 is 0. The maximum Gasteiger partial charge on any atom is 0.272 e. The molecule has 2 aliphatic rings. The first-order valence-electron chi connectivity index (χ1n) is 12.3. The molecule has 1 fully saturated rings. The van der Waals surface area contributed by atoms with Gasteiger partial charge in [-0.15, -0.1) is 0 Å². The standard InChI is InChI=1S/C27H29FN6O3/c1-3-23(35)32-12-10-20(15-32)30-26(36)24-21-16-33(27(37)22-5-4-11-29-22)13-17(2)25(21)34(31-24)14-18-6-8-19(28)9-7-18/h3-9,11,17,20,29H,1,10,12-16H2,2H3,(H,30,36)/t17-,20?/m1/s1. The van der Waals surface area contributed by atoms with Gasteiger partial charge in [-0.25, -0.2) is 4.39 Å².